The summed E-state index contributed by atoms with van der Waals surface area (Å²) in [4.78, 5) is 13.2. The van der Waals surface area contributed by atoms with E-state index < -0.39 is 10.0 Å². The highest BCUT2D eigenvalue weighted by molar-refractivity contribution is 7.98. The van der Waals surface area contributed by atoms with Gasteiger partial charge in [0.05, 0.1) is 11.4 Å². The lowest BCUT2D eigenvalue weighted by Crippen LogP contribution is -2.26. The van der Waals surface area contributed by atoms with Gasteiger partial charge < -0.3 is 4.57 Å². The molecule has 0 radical (unpaired) electrons. The first-order valence-corrected chi connectivity index (χ1v) is 9.27. The smallest absolute Gasteiger partial charge is 0.250 e. The normalized spacial score (nSPS) is 11.8. The fourth-order valence-electron chi connectivity index (χ4n) is 1.92. The van der Waals surface area contributed by atoms with Gasteiger partial charge in [0, 0.05) is 31.3 Å². The molecule has 5 nitrogen and oxygen atoms in total. The minimum Gasteiger partial charge on any atom is -0.310 e. The molecule has 0 spiro atoms. The molecule has 0 saturated carbocycles. The van der Waals surface area contributed by atoms with Crippen molar-refractivity contribution < 1.29 is 8.42 Å². The second-order valence-electron chi connectivity index (χ2n) is 4.97. The first kappa shape index (κ1) is 16.8. The Morgan fingerprint density at radius 2 is 1.73 bits per heavy atom. The van der Waals surface area contributed by atoms with E-state index in [1.165, 1.54) is 37.0 Å². The standard InChI is InChI=1S/C15H18N2O3S2/c1-16(2)22(19,20)14-8-9-15(18)17(11-14)10-12-4-6-13(21-3)7-5-12/h4-9,11H,10H2,1-3H3. The van der Waals surface area contributed by atoms with E-state index in [4.69, 9.17) is 0 Å². The summed E-state index contributed by atoms with van der Waals surface area (Å²) in [5, 5.41) is 0. The number of benzene rings is 1. The first-order valence-electron chi connectivity index (χ1n) is 6.60. The monoisotopic (exact) mass is 338 g/mol. The zero-order chi connectivity index (χ0) is 16.3. The highest BCUT2D eigenvalue weighted by Gasteiger charge is 2.18. The van der Waals surface area contributed by atoms with Crippen LogP contribution in [-0.4, -0.2) is 37.6 Å². The van der Waals surface area contributed by atoms with Gasteiger partial charge in [-0.15, -0.1) is 11.8 Å². The van der Waals surface area contributed by atoms with Crippen LogP contribution in [0.3, 0.4) is 0 Å². The second kappa shape index (κ2) is 6.68. The highest BCUT2D eigenvalue weighted by atomic mass is 32.2. The van der Waals surface area contributed by atoms with Crippen molar-refractivity contribution in [1.29, 1.82) is 0 Å². The maximum absolute atomic E-state index is 12.1. The molecule has 0 N–H and O–H groups in total. The number of sulfonamides is 1. The molecule has 118 valence electrons. The Balaban J connectivity index is 2.37. The maximum Gasteiger partial charge on any atom is 0.250 e. The van der Waals surface area contributed by atoms with Crippen molar-refractivity contribution in [3.63, 3.8) is 0 Å². The van der Waals surface area contributed by atoms with E-state index in [0.29, 0.717) is 6.54 Å². The Hall–Kier alpha value is -1.57. The van der Waals surface area contributed by atoms with E-state index in [1.54, 1.807) is 11.8 Å². The van der Waals surface area contributed by atoms with Gasteiger partial charge in [-0.25, -0.2) is 12.7 Å². The number of hydrogen-bond acceptors (Lipinski definition) is 4. The van der Waals surface area contributed by atoms with E-state index in [2.05, 4.69) is 0 Å². The number of hydrogen-bond donors (Lipinski definition) is 0. The Morgan fingerprint density at radius 1 is 1.09 bits per heavy atom. The maximum atomic E-state index is 12.1. The summed E-state index contributed by atoms with van der Waals surface area (Å²) in [6, 6.07) is 10.4. The highest BCUT2D eigenvalue weighted by Crippen LogP contribution is 2.16. The van der Waals surface area contributed by atoms with Crippen LogP contribution in [0.25, 0.3) is 0 Å². The van der Waals surface area contributed by atoms with Gasteiger partial charge in [0.15, 0.2) is 0 Å². The number of rotatable bonds is 5. The van der Waals surface area contributed by atoms with Crippen molar-refractivity contribution in [2.75, 3.05) is 20.4 Å². The molecule has 0 aliphatic rings. The van der Waals surface area contributed by atoms with Crippen molar-refractivity contribution in [3.8, 4) is 0 Å². The fourth-order valence-corrected chi connectivity index (χ4v) is 3.25. The molecule has 0 unspecified atom stereocenters. The summed E-state index contributed by atoms with van der Waals surface area (Å²) in [6.45, 7) is 0.338. The molecule has 0 saturated heterocycles. The third-order valence-electron chi connectivity index (χ3n) is 3.25. The number of pyridine rings is 1. The molecule has 1 aromatic carbocycles. The average Bonchev–Trinajstić information content (AvgIpc) is 2.50. The molecular formula is C15H18N2O3S2. The Kier molecular flexibility index (Phi) is 5.10. The number of nitrogens with zero attached hydrogens (tertiary/aromatic N) is 2. The number of thioether (sulfide) groups is 1. The second-order valence-corrected chi connectivity index (χ2v) is 8.00. The van der Waals surface area contributed by atoms with Gasteiger partial charge in [-0.1, -0.05) is 12.1 Å². The van der Waals surface area contributed by atoms with E-state index in [1.807, 2.05) is 30.5 Å². The van der Waals surface area contributed by atoms with Crippen LogP contribution < -0.4 is 5.56 Å². The molecule has 0 aliphatic heterocycles. The molecule has 0 aliphatic carbocycles. The first-order chi connectivity index (χ1) is 10.3. The summed E-state index contributed by atoms with van der Waals surface area (Å²) in [5.41, 5.74) is 0.714. The van der Waals surface area contributed by atoms with Crippen LogP contribution in [-0.2, 0) is 16.6 Å². The van der Waals surface area contributed by atoms with E-state index in [-0.39, 0.29) is 10.5 Å². The minimum atomic E-state index is -3.55. The molecule has 1 aromatic heterocycles. The molecule has 2 aromatic rings. The van der Waals surface area contributed by atoms with Gasteiger partial charge >= 0.3 is 0 Å². The third kappa shape index (κ3) is 3.60. The SMILES string of the molecule is CSc1ccc(Cn2cc(S(=O)(=O)N(C)C)ccc2=O)cc1. The van der Waals surface area contributed by atoms with E-state index >= 15 is 0 Å². The zero-order valence-corrected chi connectivity index (χ0v) is 14.3. The van der Waals surface area contributed by atoms with Gasteiger partial charge in [-0.2, -0.15) is 0 Å². The van der Waals surface area contributed by atoms with Crippen molar-refractivity contribution >= 4 is 21.8 Å². The predicted molar refractivity (Wildman–Crippen MR) is 88.9 cm³/mol. The summed E-state index contributed by atoms with van der Waals surface area (Å²) in [6.07, 6.45) is 3.38. The molecule has 0 amide bonds. The van der Waals surface area contributed by atoms with Crippen molar-refractivity contribution in [2.24, 2.45) is 0 Å². The molecule has 0 fully saturated rings. The summed E-state index contributed by atoms with van der Waals surface area (Å²) in [5.74, 6) is 0. The largest absolute Gasteiger partial charge is 0.310 e. The van der Waals surface area contributed by atoms with Crippen molar-refractivity contribution in [2.45, 2.75) is 16.3 Å². The lowest BCUT2D eigenvalue weighted by Gasteiger charge is -2.13. The molecule has 2 rings (SSSR count). The van der Waals surface area contributed by atoms with Crippen LogP contribution in [0.15, 0.2) is 57.2 Å². The van der Waals surface area contributed by atoms with Crippen LogP contribution in [0.4, 0.5) is 0 Å². The van der Waals surface area contributed by atoms with Gasteiger partial charge in [0.25, 0.3) is 5.56 Å². The van der Waals surface area contributed by atoms with Crippen molar-refractivity contribution in [3.05, 3.63) is 58.5 Å². The van der Waals surface area contributed by atoms with Crippen LogP contribution in [0.1, 0.15) is 5.56 Å². The lowest BCUT2D eigenvalue weighted by molar-refractivity contribution is 0.519. The lowest BCUT2D eigenvalue weighted by atomic mass is 10.2. The molecule has 22 heavy (non-hydrogen) atoms. The quantitative estimate of drug-likeness (QED) is 0.781. The Bertz CT molecular complexity index is 809. The van der Waals surface area contributed by atoms with Crippen LogP contribution >= 0.6 is 11.8 Å². The Morgan fingerprint density at radius 3 is 2.27 bits per heavy atom. The third-order valence-corrected chi connectivity index (χ3v) is 5.79. The fraction of sp³-hybridized carbons (Fsp3) is 0.267. The topological polar surface area (TPSA) is 59.4 Å². The molecule has 1 heterocycles. The summed E-state index contributed by atoms with van der Waals surface area (Å²) in [7, 11) is -0.620. The summed E-state index contributed by atoms with van der Waals surface area (Å²) >= 11 is 1.64. The van der Waals surface area contributed by atoms with Gasteiger partial charge in [0.1, 0.15) is 0 Å². The van der Waals surface area contributed by atoms with Crippen LogP contribution in [0.2, 0.25) is 0 Å². The van der Waals surface area contributed by atoms with Gasteiger partial charge in [-0.05, 0) is 30.0 Å². The van der Waals surface area contributed by atoms with E-state index in [0.717, 1.165) is 14.8 Å². The molecule has 7 heteroatoms. The van der Waals surface area contributed by atoms with Crippen LogP contribution in [0.5, 0.6) is 0 Å². The van der Waals surface area contributed by atoms with Crippen molar-refractivity contribution in [1.82, 2.24) is 8.87 Å². The van der Waals surface area contributed by atoms with Gasteiger partial charge in [0.2, 0.25) is 10.0 Å². The summed E-state index contributed by atoms with van der Waals surface area (Å²) < 4.78 is 26.8. The predicted octanol–water partition coefficient (Wildman–Crippen LogP) is 1.87. The molecular weight excluding hydrogens is 320 g/mol. The zero-order valence-electron chi connectivity index (χ0n) is 12.7. The number of aromatic nitrogens is 1. The van der Waals surface area contributed by atoms with Gasteiger partial charge in [-0.3, -0.25) is 4.79 Å². The van der Waals surface area contributed by atoms with E-state index in [9.17, 15) is 13.2 Å². The minimum absolute atomic E-state index is 0.109. The average molecular weight is 338 g/mol. The Labute approximate surface area is 134 Å². The van der Waals surface area contributed by atoms with Crippen LogP contribution in [0, 0.1) is 0 Å². The molecule has 0 bridgehead atoms. The molecule has 0 atom stereocenters.